The van der Waals surface area contributed by atoms with Gasteiger partial charge in [0.2, 0.25) is 5.91 Å². The van der Waals surface area contributed by atoms with E-state index in [1.54, 1.807) is 36.3 Å². The lowest BCUT2D eigenvalue weighted by Crippen LogP contribution is -2.46. The molecule has 3 N–H and O–H groups in total. The minimum absolute atomic E-state index is 0.175. The third-order valence-electron chi connectivity index (χ3n) is 3.08. The van der Waals surface area contributed by atoms with Crippen molar-refractivity contribution in [2.75, 3.05) is 26.8 Å². The molecule has 0 aliphatic rings. The van der Waals surface area contributed by atoms with E-state index in [0.29, 0.717) is 26.1 Å². The second-order valence-corrected chi connectivity index (χ2v) is 4.70. The summed E-state index contributed by atoms with van der Waals surface area (Å²) < 4.78 is 4.97. The van der Waals surface area contributed by atoms with Gasteiger partial charge in [0.05, 0.1) is 25.1 Å². The second kappa shape index (κ2) is 8.95. The summed E-state index contributed by atoms with van der Waals surface area (Å²) in [6.07, 6.45) is 0.649. The van der Waals surface area contributed by atoms with E-state index in [-0.39, 0.29) is 18.1 Å². The lowest BCUT2D eigenvalue weighted by atomic mass is 10.1. The Kier molecular flexibility index (Phi) is 7.23. The van der Waals surface area contributed by atoms with E-state index in [4.69, 9.17) is 15.7 Å². The maximum absolute atomic E-state index is 12.3. The molecule has 1 atom stereocenters. The molecule has 0 saturated heterocycles. The summed E-state index contributed by atoms with van der Waals surface area (Å²) in [5.74, 6) is -0.0234. The van der Waals surface area contributed by atoms with Crippen LogP contribution in [0.3, 0.4) is 0 Å². The Hall–Kier alpha value is -2.10. The third-order valence-corrected chi connectivity index (χ3v) is 3.08. The summed E-state index contributed by atoms with van der Waals surface area (Å²) in [6, 6.07) is 7.93. The Morgan fingerprint density at radius 3 is 2.67 bits per heavy atom. The van der Waals surface area contributed by atoms with Gasteiger partial charge in [0.25, 0.3) is 0 Å². The molecule has 0 bridgehead atoms. The molecule has 21 heavy (non-hydrogen) atoms. The van der Waals surface area contributed by atoms with Crippen LogP contribution in [-0.4, -0.2) is 48.8 Å². The van der Waals surface area contributed by atoms with Crippen molar-refractivity contribution in [2.45, 2.75) is 18.9 Å². The largest absolute Gasteiger partial charge is 0.508 e. The quantitative estimate of drug-likeness (QED) is 0.732. The first-order valence-electron chi connectivity index (χ1n) is 6.76. The van der Waals surface area contributed by atoms with Crippen LogP contribution in [0.25, 0.3) is 0 Å². The Labute approximate surface area is 124 Å². The van der Waals surface area contributed by atoms with Crippen molar-refractivity contribution >= 4 is 5.91 Å². The number of nitrogens with two attached hydrogens (primary N) is 1. The molecule has 6 nitrogen and oxygen atoms in total. The van der Waals surface area contributed by atoms with Crippen molar-refractivity contribution < 1.29 is 14.6 Å². The average molecular weight is 291 g/mol. The van der Waals surface area contributed by atoms with Crippen LogP contribution < -0.4 is 5.73 Å². The molecule has 0 spiro atoms. The Morgan fingerprint density at radius 2 is 2.10 bits per heavy atom. The number of nitrogens with zero attached hydrogens (tertiary/aromatic N) is 2. The molecule has 6 heteroatoms. The molecule has 0 radical (unpaired) electrons. The second-order valence-electron chi connectivity index (χ2n) is 4.70. The molecule has 0 unspecified atom stereocenters. The van der Waals surface area contributed by atoms with Crippen LogP contribution in [-0.2, 0) is 16.0 Å². The maximum Gasteiger partial charge on any atom is 0.239 e. The third kappa shape index (κ3) is 5.81. The monoisotopic (exact) mass is 291 g/mol. The van der Waals surface area contributed by atoms with Gasteiger partial charge >= 0.3 is 0 Å². The standard InChI is InChI=1S/C15H21N3O3/c1-21-10-9-18(8-2-7-16)15(20)14(17)11-12-3-5-13(19)6-4-12/h3-6,14,19H,2,8-11,17H2,1H3/t14-/m1/s1. The highest BCUT2D eigenvalue weighted by Crippen LogP contribution is 2.11. The fourth-order valence-electron chi connectivity index (χ4n) is 1.93. The van der Waals surface area contributed by atoms with Crippen molar-refractivity contribution in [2.24, 2.45) is 5.73 Å². The molecule has 0 fully saturated rings. The molecular formula is C15H21N3O3. The minimum atomic E-state index is -0.676. The van der Waals surface area contributed by atoms with Crippen LogP contribution in [0.5, 0.6) is 5.75 Å². The van der Waals surface area contributed by atoms with E-state index >= 15 is 0 Å². The van der Waals surface area contributed by atoms with Crippen LogP contribution in [0.1, 0.15) is 12.0 Å². The van der Waals surface area contributed by atoms with Crippen molar-refractivity contribution in [3.63, 3.8) is 0 Å². The first-order valence-corrected chi connectivity index (χ1v) is 6.76. The number of methoxy groups -OCH3 is 1. The number of aromatic hydroxyl groups is 1. The number of carbonyl (C=O) groups is 1. The molecular weight excluding hydrogens is 270 g/mol. The molecule has 1 rings (SSSR count). The number of nitriles is 1. The van der Waals surface area contributed by atoms with Crippen molar-refractivity contribution in [1.29, 1.82) is 5.26 Å². The summed E-state index contributed by atoms with van der Waals surface area (Å²) in [5, 5.41) is 17.9. The van der Waals surface area contributed by atoms with Gasteiger partial charge in [-0.1, -0.05) is 12.1 Å². The van der Waals surface area contributed by atoms with Gasteiger partial charge in [-0.3, -0.25) is 4.79 Å². The van der Waals surface area contributed by atoms with Gasteiger partial charge in [-0.25, -0.2) is 0 Å². The highest BCUT2D eigenvalue weighted by molar-refractivity contribution is 5.82. The zero-order valence-electron chi connectivity index (χ0n) is 12.2. The van der Waals surface area contributed by atoms with Crippen molar-refractivity contribution in [3.05, 3.63) is 29.8 Å². The first kappa shape index (κ1) is 17.0. The normalized spacial score (nSPS) is 11.7. The smallest absolute Gasteiger partial charge is 0.239 e. The number of carbonyl (C=O) groups excluding carboxylic acids is 1. The fraction of sp³-hybridized carbons (Fsp3) is 0.467. The van der Waals surface area contributed by atoms with E-state index in [1.807, 2.05) is 6.07 Å². The molecule has 0 aromatic heterocycles. The van der Waals surface area contributed by atoms with Gasteiger partial charge in [-0.2, -0.15) is 5.26 Å². The first-order chi connectivity index (χ1) is 10.1. The van der Waals surface area contributed by atoms with Gasteiger partial charge < -0.3 is 20.5 Å². The molecule has 1 aromatic rings. The fourth-order valence-corrected chi connectivity index (χ4v) is 1.93. The predicted octanol–water partition coefficient (Wildman–Crippen LogP) is 0.651. The molecule has 0 aliphatic heterocycles. The molecule has 0 aliphatic carbocycles. The van der Waals surface area contributed by atoms with Gasteiger partial charge in [0, 0.05) is 20.2 Å². The topological polar surface area (TPSA) is 99.6 Å². The number of phenols is 1. The lowest BCUT2D eigenvalue weighted by molar-refractivity contribution is -0.133. The van der Waals surface area contributed by atoms with Gasteiger partial charge in [0.1, 0.15) is 5.75 Å². The van der Waals surface area contributed by atoms with Crippen molar-refractivity contribution in [3.8, 4) is 11.8 Å². The highest BCUT2D eigenvalue weighted by atomic mass is 16.5. The number of hydrogen-bond acceptors (Lipinski definition) is 5. The number of hydrogen-bond donors (Lipinski definition) is 2. The van der Waals surface area contributed by atoms with Crippen LogP contribution in [0.15, 0.2) is 24.3 Å². The molecule has 0 saturated carbocycles. The molecule has 0 heterocycles. The van der Waals surface area contributed by atoms with Gasteiger partial charge in [-0.05, 0) is 24.1 Å². The number of amides is 1. The molecule has 1 aromatic carbocycles. The van der Waals surface area contributed by atoms with Gasteiger partial charge in [-0.15, -0.1) is 0 Å². The van der Waals surface area contributed by atoms with Crippen LogP contribution in [0.4, 0.5) is 0 Å². The zero-order chi connectivity index (χ0) is 15.7. The van der Waals surface area contributed by atoms with Crippen LogP contribution in [0.2, 0.25) is 0 Å². The number of rotatable bonds is 8. The van der Waals surface area contributed by atoms with Crippen LogP contribution in [0, 0.1) is 11.3 Å². The van der Waals surface area contributed by atoms with E-state index < -0.39 is 6.04 Å². The lowest BCUT2D eigenvalue weighted by Gasteiger charge is -2.24. The summed E-state index contributed by atoms with van der Waals surface area (Å²) in [7, 11) is 1.56. The predicted molar refractivity (Wildman–Crippen MR) is 78.5 cm³/mol. The van der Waals surface area contributed by atoms with E-state index in [9.17, 15) is 9.90 Å². The highest BCUT2D eigenvalue weighted by Gasteiger charge is 2.20. The summed E-state index contributed by atoms with van der Waals surface area (Å²) in [6.45, 7) is 1.17. The minimum Gasteiger partial charge on any atom is -0.508 e. The molecule has 1 amide bonds. The summed E-state index contributed by atoms with van der Waals surface area (Å²) >= 11 is 0. The summed E-state index contributed by atoms with van der Waals surface area (Å²) in [5.41, 5.74) is 6.83. The zero-order valence-corrected chi connectivity index (χ0v) is 12.2. The number of ether oxygens (including phenoxy) is 1. The Balaban J connectivity index is 2.63. The van der Waals surface area contributed by atoms with Crippen molar-refractivity contribution in [1.82, 2.24) is 4.90 Å². The molecule has 114 valence electrons. The van der Waals surface area contributed by atoms with E-state index in [1.165, 1.54) is 0 Å². The SMILES string of the molecule is COCCN(CCC#N)C(=O)[C@H](N)Cc1ccc(O)cc1. The maximum atomic E-state index is 12.3. The Bertz CT molecular complexity index is 482. The van der Waals surface area contributed by atoms with Crippen LogP contribution >= 0.6 is 0 Å². The summed E-state index contributed by atoms with van der Waals surface area (Å²) in [4.78, 5) is 13.9. The average Bonchev–Trinajstić information content (AvgIpc) is 2.49. The number of phenolic OH excluding ortho intramolecular Hbond substituents is 1. The van der Waals surface area contributed by atoms with E-state index in [0.717, 1.165) is 5.56 Å². The van der Waals surface area contributed by atoms with Gasteiger partial charge in [0.15, 0.2) is 0 Å². The Morgan fingerprint density at radius 1 is 1.43 bits per heavy atom. The number of benzene rings is 1. The van der Waals surface area contributed by atoms with E-state index in [2.05, 4.69) is 0 Å².